The maximum absolute atomic E-state index is 12.8. The molecule has 2 unspecified atom stereocenters. The molecule has 23 heavy (non-hydrogen) atoms. The molecule has 1 aromatic carbocycles. The predicted octanol–water partition coefficient (Wildman–Crippen LogP) is 3.72. The fourth-order valence-electron chi connectivity index (χ4n) is 3.44. The molecule has 2 rings (SSSR count). The number of aliphatic hydroxyl groups excluding tert-OH is 1. The quantitative estimate of drug-likeness (QED) is 0.840. The molecule has 0 saturated carbocycles. The monoisotopic (exact) mass is 318 g/mol. The first-order chi connectivity index (χ1) is 11.1. The Morgan fingerprint density at radius 1 is 1.30 bits per heavy atom. The number of nitrogens with zero attached hydrogens (tertiary/aromatic N) is 1. The molecular formula is C19H30N2O2. The highest BCUT2D eigenvalue weighted by Crippen LogP contribution is 2.25. The van der Waals surface area contributed by atoms with Crippen LogP contribution in [0.1, 0.15) is 57.6 Å². The zero-order valence-corrected chi connectivity index (χ0v) is 14.4. The van der Waals surface area contributed by atoms with Gasteiger partial charge in [0.15, 0.2) is 0 Å². The summed E-state index contributed by atoms with van der Waals surface area (Å²) in [7, 11) is 0. The Kier molecular flexibility index (Phi) is 6.90. The van der Waals surface area contributed by atoms with Gasteiger partial charge >= 0.3 is 6.03 Å². The van der Waals surface area contributed by atoms with E-state index in [4.69, 9.17) is 5.11 Å². The molecule has 0 bridgehead atoms. The molecule has 4 heteroatoms. The number of piperidine rings is 1. The minimum absolute atomic E-state index is 0.0365. The van der Waals surface area contributed by atoms with Crippen LogP contribution in [0.25, 0.3) is 0 Å². The topological polar surface area (TPSA) is 52.6 Å². The van der Waals surface area contributed by atoms with Crippen LogP contribution in [0.5, 0.6) is 0 Å². The van der Waals surface area contributed by atoms with Crippen LogP contribution in [0.2, 0.25) is 0 Å². The van der Waals surface area contributed by atoms with Crippen molar-refractivity contribution in [3.05, 3.63) is 35.9 Å². The Hall–Kier alpha value is -1.55. The second kappa shape index (κ2) is 8.92. The molecule has 1 aliphatic heterocycles. The summed E-state index contributed by atoms with van der Waals surface area (Å²) in [4.78, 5) is 14.8. The maximum Gasteiger partial charge on any atom is 0.318 e. The Bertz CT molecular complexity index is 476. The lowest BCUT2D eigenvalue weighted by atomic mass is 9.93. The van der Waals surface area contributed by atoms with E-state index in [1.165, 1.54) is 6.42 Å². The van der Waals surface area contributed by atoms with Gasteiger partial charge in [0.2, 0.25) is 0 Å². The fourth-order valence-corrected chi connectivity index (χ4v) is 3.44. The molecule has 1 aromatic rings. The van der Waals surface area contributed by atoms with Gasteiger partial charge in [-0.25, -0.2) is 4.79 Å². The smallest absolute Gasteiger partial charge is 0.318 e. The molecule has 0 radical (unpaired) electrons. The third-order valence-corrected chi connectivity index (χ3v) is 4.73. The number of amides is 2. The standard InChI is InChI=1S/C19H30N2O2/c1-15(2)18-12-6-7-13-21(18)19(23)20-17(11-8-14-22)16-9-4-3-5-10-16/h3-5,9-10,15,17-18,22H,6-8,11-14H2,1-2H3,(H,20,23). The molecule has 0 aromatic heterocycles. The highest BCUT2D eigenvalue weighted by atomic mass is 16.3. The fraction of sp³-hybridized carbons (Fsp3) is 0.632. The van der Waals surface area contributed by atoms with Crippen molar-refractivity contribution in [2.75, 3.05) is 13.2 Å². The second-order valence-corrected chi connectivity index (χ2v) is 6.78. The van der Waals surface area contributed by atoms with Crippen LogP contribution < -0.4 is 5.32 Å². The van der Waals surface area contributed by atoms with Gasteiger partial charge in [-0.05, 0) is 43.6 Å². The number of nitrogens with one attached hydrogen (secondary N) is 1. The largest absolute Gasteiger partial charge is 0.396 e. The van der Waals surface area contributed by atoms with E-state index >= 15 is 0 Å². The third-order valence-electron chi connectivity index (χ3n) is 4.73. The predicted molar refractivity (Wildman–Crippen MR) is 93.2 cm³/mol. The number of aliphatic hydroxyl groups is 1. The van der Waals surface area contributed by atoms with Gasteiger partial charge in [-0.1, -0.05) is 44.2 Å². The Labute approximate surface area is 139 Å². The van der Waals surface area contributed by atoms with E-state index in [2.05, 4.69) is 19.2 Å². The molecule has 1 fully saturated rings. The summed E-state index contributed by atoms with van der Waals surface area (Å²) < 4.78 is 0. The minimum Gasteiger partial charge on any atom is -0.396 e. The van der Waals surface area contributed by atoms with E-state index in [9.17, 15) is 4.79 Å². The van der Waals surface area contributed by atoms with Gasteiger partial charge in [-0.3, -0.25) is 0 Å². The van der Waals surface area contributed by atoms with Crippen molar-refractivity contribution in [2.24, 2.45) is 5.92 Å². The molecule has 1 heterocycles. The summed E-state index contributed by atoms with van der Waals surface area (Å²) in [6.45, 7) is 5.38. The van der Waals surface area contributed by atoms with Crippen molar-refractivity contribution in [2.45, 2.75) is 58.0 Å². The zero-order valence-electron chi connectivity index (χ0n) is 14.4. The number of benzene rings is 1. The van der Waals surface area contributed by atoms with Crippen LogP contribution in [0.4, 0.5) is 4.79 Å². The lowest BCUT2D eigenvalue weighted by Gasteiger charge is -2.39. The number of carbonyl (C=O) groups excluding carboxylic acids is 1. The summed E-state index contributed by atoms with van der Waals surface area (Å²) in [5, 5.41) is 12.3. The summed E-state index contributed by atoms with van der Waals surface area (Å²) >= 11 is 0. The van der Waals surface area contributed by atoms with Gasteiger partial charge in [0.25, 0.3) is 0 Å². The van der Waals surface area contributed by atoms with E-state index < -0.39 is 0 Å². The van der Waals surface area contributed by atoms with Crippen LogP contribution in [0.3, 0.4) is 0 Å². The molecular weight excluding hydrogens is 288 g/mol. The molecule has 1 saturated heterocycles. The Balaban J connectivity index is 2.07. The molecule has 0 spiro atoms. The average Bonchev–Trinajstić information content (AvgIpc) is 2.59. The van der Waals surface area contributed by atoms with Crippen LogP contribution >= 0.6 is 0 Å². The van der Waals surface area contributed by atoms with E-state index in [0.717, 1.165) is 31.4 Å². The lowest BCUT2D eigenvalue weighted by Crippen LogP contribution is -2.51. The van der Waals surface area contributed by atoms with Crippen LogP contribution in [-0.4, -0.2) is 35.2 Å². The van der Waals surface area contributed by atoms with E-state index in [1.54, 1.807) is 0 Å². The van der Waals surface area contributed by atoms with Gasteiger partial charge in [-0.2, -0.15) is 0 Å². The van der Waals surface area contributed by atoms with Gasteiger partial charge < -0.3 is 15.3 Å². The SMILES string of the molecule is CC(C)C1CCCCN1C(=O)NC(CCCO)c1ccccc1. The molecule has 2 N–H and O–H groups in total. The second-order valence-electron chi connectivity index (χ2n) is 6.78. The summed E-state index contributed by atoms with van der Waals surface area (Å²) in [5.74, 6) is 0.480. The van der Waals surface area contributed by atoms with Gasteiger partial charge in [0.05, 0.1) is 6.04 Å². The Morgan fingerprint density at radius 3 is 2.70 bits per heavy atom. The number of hydrogen-bond donors (Lipinski definition) is 2. The number of hydrogen-bond acceptors (Lipinski definition) is 2. The van der Waals surface area contributed by atoms with Gasteiger partial charge in [-0.15, -0.1) is 0 Å². The summed E-state index contributed by atoms with van der Waals surface area (Å²) in [5.41, 5.74) is 1.10. The first kappa shape index (κ1) is 17.8. The highest BCUT2D eigenvalue weighted by Gasteiger charge is 2.30. The first-order valence-corrected chi connectivity index (χ1v) is 8.86. The average molecular weight is 318 g/mol. The molecule has 128 valence electrons. The van der Waals surface area contributed by atoms with Crippen molar-refractivity contribution < 1.29 is 9.90 Å². The van der Waals surface area contributed by atoms with Gasteiger partial charge in [0.1, 0.15) is 0 Å². The Morgan fingerprint density at radius 2 is 2.04 bits per heavy atom. The van der Waals surface area contributed by atoms with Crippen molar-refractivity contribution in [1.82, 2.24) is 10.2 Å². The van der Waals surface area contributed by atoms with Crippen LogP contribution in [0, 0.1) is 5.92 Å². The van der Waals surface area contributed by atoms with Crippen molar-refractivity contribution in [1.29, 1.82) is 0 Å². The summed E-state index contributed by atoms with van der Waals surface area (Å²) in [6, 6.07) is 10.4. The number of rotatable bonds is 6. The van der Waals surface area contributed by atoms with E-state index in [1.807, 2.05) is 35.2 Å². The number of urea groups is 1. The minimum atomic E-state index is -0.0365. The van der Waals surface area contributed by atoms with Crippen molar-refractivity contribution in [3.63, 3.8) is 0 Å². The molecule has 2 atom stereocenters. The molecule has 0 aliphatic carbocycles. The van der Waals surface area contributed by atoms with Crippen molar-refractivity contribution in [3.8, 4) is 0 Å². The molecule has 2 amide bonds. The first-order valence-electron chi connectivity index (χ1n) is 8.86. The third kappa shape index (κ3) is 4.96. The van der Waals surface area contributed by atoms with Crippen molar-refractivity contribution >= 4 is 6.03 Å². The lowest BCUT2D eigenvalue weighted by molar-refractivity contribution is 0.124. The number of carbonyl (C=O) groups is 1. The highest BCUT2D eigenvalue weighted by molar-refractivity contribution is 5.75. The summed E-state index contributed by atoms with van der Waals surface area (Å²) in [6.07, 6.45) is 4.83. The van der Waals surface area contributed by atoms with E-state index in [0.29, 0.717) is 18.4 Å². The normalized spacial score (nSPS) is 19.7. The van der Waals surface area contributed by atoms with Crippen LogP contribution in [-0.2, 0) is 0 Å². The van der Waals surface area contributed by atoms with Crippen LogP contribution in [0.15, 0.2) is 30.3 Å². The molecule has 1 aliphatic rings. The zero-order chi connectivity index (χ0) is 16.7. The molecule has 4 nitrogen and oxygen atoms in total. The number of likely N-dealkylation sites (tertiary alicyclic amines) is 1. The maximum atomic E-state index is 12.8. The van der Waals surface area contributed by atoms with Gasteiger partial charge in [0, 0.05) is 19.2 Å². The van der Waals surface area contributed by atoms with E-state index in [-0.39, 0.29) is 18.7 Å².